The number of ether oxygens (including phenoxy) is 1. The Bertz CT molecular complexity index is 732. The van der Waals surface area contributed by atoms with Gasteiger partial charge in [-0.3, -0.25) is 4.79 Å². The molecule has 0 radical (unpaired) electrons. The van der Waals surface area contributed by atoms with Crippen LogP contribution in [0.2, 0.25) is 25.7 Å². The zero-order chi connectivity index (χ0) is 17.9. The van der Waals surface area contributed by atoms with E-state index in [1.807, 2.05) is 16.8 Å². The lowest BCUT2D eigenvalue weighted by atomic mass is 9.91. The SMILES string of the molecule is C[Si](C)(C)CCOCn1ccc2c(C(=O)C3CCNCC3)ncnc21. The van der Waals surface area contributed by atoms with E-state index in [1.54, 1.807) is 0 Å². The molecule has 2 aromatic heterocycles. The molecule has 1 aliphatic rings. The lowest BCUT2D eigenvalue weighted by Gasteiger charge is -2.21. The lowest BCUT2D eigenvalue weighted by Crippen LogP contribution is -2.32. The minimum atomic E-state index is -1.09. The Labute approximate surface area is 150 Å². The first-order valence-electron chi connectivity index (χ1n) is 9.08. The number of nitrogens with one attached hydrogen (secondary N) is 1. The second kappa shape index (κ2) is 7.76. The summed E-state index contributed by atoms with van der Waals surface area (Å²) >= 11 is 0. The van der Waals surface area contributed by atoms with Gasteiger partial charge < -0.3 is 14.6 Å². The third-order valence-electron chi connectivity index (χ3n) is 4.73. The second-order valence-electron chi connectivity index (χ2n) is 7.98. The lowest BCUT2D eigenvalue weighted by molar-refractivity contribution is 0.0886. The Balaban J connectivity index is 1.72. The van der Waals surface area contributed by atoms with E-state index in [0.29, 0.717) is 12.4 Å². The third-order valence-corrected chi connectivity index (χ3v) is 6.43. The average molecular weight is 361 g/mol. The van der Waals surface area contributed by atoms with Crippen LogP contribution in [0.4, 0.5) is 0 Å². The topological polar surface area (TPSA) is 69.0 Å². The van der Waals surface area contributed by atoms with Crippen LogP contribution in [0, 0.1) is 5.92 Å². The molecule has 1 saturated heterocycles. The van der Waals surface area contributed by atoms with Gasteiger partial charge in [-0.2, -0.15) is 0 Å². The molecule has 2 aromatic rings. The molecule has 25 heavy (non-hydrogen) atoms. The van der Waals surface area contributed by atoms with Gasteiger partial charge in [0.25, 0.3) is 0 Å². The maximum atomic E-state index is 12.8. The van der Waals surface area contributed by atoms with Gasteiger partial charge in [0, 0.05) is 32.2 Å². The van der Waals surface area contributed by atoms with Gasteiger partial charge >= 0.3 is 0 Å². The zero-order valence-corrected chi connectivity index (χ0v) is 16.4. The molecule has 0 unspecified atom stereocenters. The van der Waals surface area contributed by atoms with Crippen molar-refractivity contribution in [3.63, 3.8) is 0 Å². The summed E-state index contributed by atoms with van der Waals surface area (Å²) in [6.45, 7) is 10.1. The van der Waals surface area contributed by atoms with Crippen molar-refractivity contribution in [2.75, 3.05) is 19.7 Å². The first-order valence-corrected chi connectivity index (χ1v) is 12.8. The van der Waals surface area contributed by atoms with Gasteiger partial charge in [0.2, 0.25) is 0 Å². The van der Waals surface area contributed by atoms with Gasteiger partial charge in [0.05, 0.1) is 0 Å². The standard InChI is InChI=1S/C18H28N4O2Si/c1-25(2,3)11-10-24-13-22-9-6-15-16(20-12-21-18(15)22)17(23)14-4-7-19-8-5-14/h6,9,12,14,19H,4-5,7-8,10-11,13H2,1-3H3. The molecule has 1 N–H and O–H groups in total. The van der Waals surface area contributed by atoms with Crippen LogP contribution in [0.5, 0.6) is 0 Å². The Kier molecular flexibility index (Phi) is 5.66. The summed E-state index contributed by atoms with van der Waals surface area (Å²) in [6.07, 6.45) is 5.19. The Hall–Kier alpha value is -1.57. The van der Waals surface area contributed by atoms with Crippen molar-refractivity contribution >= 4 is 24.9 Å². The summed E-state index contributed by atoms with van der Waals surface area (Å²) in [5, 5.41) is 4.13. The predicted octanol–water partition coefficient (Wildman–Crippen LogP) is 2.93. The number of aromatic nitrogens is 3. The van der Waals surface area contributed by atoms with Crippen LogP contribution in [-0.4, -0.2) is 48.1 Å². The number of carbonyl (C=O) groups excluding carboxylic acids is 1. The minimum Gasteiger partial charge on any atom is -0.361 e. The number of Topliss-reactive ketones (excluding diaryl/α,β-unsaturated/α-hetero) is 1. The molecule has 136 valence electrons. The summed E-state index contributed by atoms with van der Waals surface area (Å²) in [6, 6.07) is 3.08. The number of hydrogen-bond donors (Lipinski definition) is 1. The fourth-order valence-corrected chi connectivity index (χ4v) is 3.88. The Morgan fingerprint density at radius 3 is 2.80 bits per heavy atom. The first-order chi connectivity index (χ1) is 12.0. The molecule has 0 aliphatic carbocycles. The molecule has 6 nitrogen and oxygen atoms in total. The molecule has 0 amide bonds. The number of fused-ring (bicyclic) bond motifs is 1. The second-order valence-corrected chi connectivity index (χ2v) is 13.6. The number of piperidine rings is 1. The highest BCUT2D eigenvalue weighted by Crippen LogP contribution is 2.23. The Morgan fingerprint density at radius 2 is 2.08 bits per heavy atom. The Morgan fingerprint density at radius 1 is 1.32 bits per heavy atom. The third kappa shape index (κ3) is 4.53. The van der Waals surface area contributed by atoms with Crippen LogP contribution >= 0.6 is 0 Å². The van der Waals surface area contributed by atoms with Crippen LogP contribution in [0.1, 0.15) is 23.3 Å². The van der Waals surface area contributed by atoms with E-state index < -0.39 is 8.07 Å². The van der Waals surface area contributed by atoms with Gasteiger partial charge in [0.1, 0.15) is 24.4 Å². The molecule has 0 atom stereocenters. The molecule has 0 saturated carbocycles. The van der Waals surface area contributed by atoms with E-state index in [2.05, 4.69) is 34.9 Å². The van der Waals surface area contributed by atoms with Gasteiger partial charge in [-0.05, 0) is 38.0 Å². The van der Waals surface area contributed by atoms with Crippen molar-refractivity contribution in [3.8, 4) is 0 Å². The molecule has 1 fully saturated rings. The van der Waals surface area contributed by atoms with E-state index in [0.717, 1.165) is 49.6 Å². The summed E-state index contributed by atoms with van der Waals surface area (Å²) in [5.74, 6) is 0.210. The van der Waals surface area contributed by atoms with Crippen molar-refractivity contribution in [1.82, 2.24) is 19.9 Å². The number of ketones is 1. The minimum absolute atomic E-state index is 0.0655. The van der Waals surface area contributed by atoms with Gasteiger partial charge in [-0.1, -0.05) is 19.6 Å². The van der Waals surface area contributed by atoms with E-state index in [4.69, 9.17) is 4.74 Å². The van der Waals surface area contributed by atoms with Crippen LogP contribution in [0.25, 0.3) is 11.0 Å². The van der Waals surface area contributed by atoms with Crippen molar-refractivity contribution < 1.29 is 9.53 Å². The zero-order valence-electron chi connectivity index (χ0n) is 15.4. The number of nitrogens with zero attached hydrogens (tertiary/aromatic N) is 3. The first kappa shape index (κ1) is 18.2. The van der Waals surface area contributed by atoms with Crippen molar-refractivity contribution in [2.24, 2.45) is 5.92 Å². The molecule has 0 aromatic carbocycles. The number of carbonyl (C=O) groups is 1. The fourth-order valence-electron chi connectivity index (χ4n) is 3.12. The van der Waals surface area contributed by atoms with E-state index in [1.165, 1.54) is 6.33 Å². The molecule has 0 spiro atoms. The van der Waals surface area contributed by atoms with Crippen LogP contribution in [0.3, 0.4) is 0 Å². The summed E-state index contributed by atoms with van der Waals surface area (Å²) in [4.78, 5) is 21.5. The van der Waals surface area contributed by atoms with E-state index in [9.17, 15) is 4.79 Å². The highest BCUT2D eigenvalue weighted by molar-refractivity contribution is 6.76. The monoisotopic (exact) mass is 360 g/mol. The van der Waals surface area contributed by atoms with Gasteiger partial charge in [0.15, 0.2) is 5.78 Å². The number of hydrogen-bond acceptors (Lipinski definition) is 5. The van der Waals surface area contributed by atoms with E-state index in [-0.39, 0.29) is 11.7 Å². The van der Waals surface area contributed by atoms with Crippen LogP contribution in [0.15, 0.2) is 18.6 Å². The average Bonchev–Trinajstić information content (AvgIpc) is 3.01. The van der Waals surface area contributed by atoms with Crippen LogP contribution in [-0.2, 0) is 11.5 Å². The molecule has 7 heteroatoms. The van der Waals surface area contributed by atoms with Gasteiger partial charge in [-0.15, -0.1) is 0 Å². The van der Waals surface area contributed by atoms with Gasteiger partial charge in [-0.25, -0.2) is 9.97 Å². The van der Waals surface area contributed by atoms with Crippen molar-refractivity contribution in [2.45, 2.75) is 45.3 Å². The molecule has 0 bridgehead atoms. The van der Waals surface area contributed by atoms with Crippen molar-refractivity contribution in [1.29, 1.82) is 0 Å². The summed E-state index contributed by atoms with van der Waals surface area (Å²) in [7, 11) is -1.09. The van der Waals surface area contributed by atoms with E-state index >= 15 is 0 Å². The highest BCUT2D eigenvalue weighted by atomic mass is 28.3. The summed E-state index contributed by atoms with van der Waals surface area (Å²) in [5.41, 5.74) is 1.33. The largest absolute Gasteiger partial charge is 0.361 e. The van der Waals surface area contributed by atoms with Crippen molar-refractivity contribution in [3.05, 3.63) is 24.3 Å². The number of rotatable bonds is 7. The highest BCUT2D eigenvalue weighted by Gasteiger charge is 2.25. The molecule has 3 rings (SSSR count). The predicted molar refractivity (Wildman–Crippen MR) is 102 cm³/mol. The molecule has 3 heterocycles. The molecular formula is C18H28N4O2Si. The maximum absolute atomic E-state index is 12.8. The molecule has 1 aliphatic heterocycles. The van der Waals surface area contributed by atoms with Crippen LogP contribution < -0.4 is 5.32 Å². The smallest absolute Gasteiger partial charge is 0.185 e. The summed E-state index contributed by atoms with van der Waals surface area (Å²) < 4.78 is 7.78. The molecular weight excluding hydrogens is 332 g/mol. The fraction of sp³-hybridized carbons (Fsp3) is 0.611. The maximum Gasteiger partial charge on any atom is 0.185 e. The quantitative estimate of drug-likeness (QED) is 0.467. The normalized spacial score (nSPS) is 16.4.